The first kappa shape index (κ1) is 14.8. The maximum Gasteiger partial charge on any atom is 0.0349 e. The molecule has 1 aliphatic heterocycles. The van der Waals surface area contributed by atoms with E-state index in [2.05, 4.69) is 60.5 Å². The van der Waals surface area contributed by atoms with E-state index in [4.69, 9.17) is 0 Å². The van der Waals surface area contributed by atoms with Crippen LogP contribution in [0.1, 0.15) is 30.2 Å². The Morgan fingerprint density at radius 1 is 1.10 bits per heavy atom. The van der Waals surface area contributed by atoms with Gasteiger partial charge in [-0.05, 0) is 29.2 Å². The Hall–Kier alpha value is -1.16. The fraction of sp³-hybridized carbons (Fsp3) is 0.444. The van der Waals surface area contributed by atoms with E-state index in [1.54, 1.807) is 0 Å². The standard InChI is InChI=1S/C18H24N2S/c1-14(2)17-7-8-18(21-17)16-6-4-3-5-15(16)13-20-11-9-19-10-12-20/h3-8,14,19H,9-13H2,1-2H3. The molecule has 0 radical (unpaired) electrons. The molecule has 21 heavy (non-hydrogen) atoms. The van der Waals surface area contributed by atoms with Gasteiger partial charge < -0.3 is 5.32 Å². The Bertz CT molecular complexity index is 582. The lowest BCUT2D eigenvalue weighted by Gasteiger charge is -2.27. The quantitative estimate of drug-likeness (QED) is 0.920. The zero-order valence-electron chi connectivity index (χ0n) is 12.9. The number of nitrogens with one attached hydrogen (secondary N) is 1. The average Bonchev–Trinajstić information content (AvgIpc) is 2.99. The van der Waals surface area contributed by atoms with E-state index in [1.165, 1.54) is 20.9 Å². The van der Waals surface area contributed by atoms with Crippen LogP contribution in [0.25, 0.3) is 10.4 Å². The summed E-state index contributed by atoms with van der Waals surface area (Å²) < 4.78 is 0. The van der Waals surface area contributed by atoms with Crippen LogP contribution >= 0.6 is 11.3 Å². The lowest BCUT2D eigenvalue weighted by molar-refractivity contribution is 0.233. The van der Waals surface area contributed by atoms with Crippen LogP contribution in [0, 0.1) is 0 Å². The van der Waals surface area contributed by atoms with Gasteiger partial charge in [-0.2, -0.15) is 0 Å². The molecule has 1 saturated heterocycles. The molecule has 0 aliphatic carbocycles. The molecule has 2 heterocycles. The predicted molar refractivity (Wildman–Crippen MR) is 92.0 cm³/mol. The zero-order valence-corrected chi connectivity index (χ0v) is 13.7. The molecule has 0 bridgehead atoms. The van der Waals surface area contributed by atoms with Crippen molar-refractivity contribution in [3.8, 4) is 10.4 Å². The third kappa shape index (κ3) is 3.54. The highest BCUT2D eigenvalue weighted by Gasteiger charge is 2.14. The summed E-state index contributed by atoms with van der Waals surface area (Å²) in [6.45, 7) is 10.1. The number of piperazine rings is 1. The second-order valence-electron chi connectivity index (χ2n) is 6.04. The van der Waals surface area contributed by atoms with Crippen LogP contribution in [0.15, 0.2) is 36.4 Å². The van der Waals surface area contributed by atoms with Gasteiger partial charge in [-0.15, -0.1) is 11.3 Å². The lowest BCUT2D eigenvalue weighted by atomic mass is 10.1. The van der Waals surface area contributed by atoms with Crippen LogP contribution in [0.5, 0.6) is 0 Å². The van der Waals surface area contributed by atoms with Crippen molar-refractivity contribution in [2.24, 2.45) is 0 Å². The molecule has 1 aromatic carbocycles. The zero-order chi connectivity index (χ0) is 14.7. The monoisotopic (exact) mass is 300 g/mol. The van der Waals surface area contributed by atoms with E-state index in [9.17, 15) is 0 Å². The summed E-state index contributed by atoms with van der Waals surface area (Å²) in [5.74, 6) is 0.615. The van der Waals surface area contributed by atoms with Crippen molar-refractivity contribution < 1.29 is 0 Å². The number of nitrogens with zero attached hydrogens (tertiary/aromatic N) is 1. The summed E-state index contributed by atoms with van der Waals surface area (Å²) in [5, 5.41) is 3.42. The largest absolute Gasteiger partial charge is 0.314 e. The van der Waals surface area contributed by atoms with E-state index in [0.29, 0.717) is 5.92 Å². The molecule has 1 fully saturated rings. The summed E-state index contributed by atoms with van der Waals surface area (Å²) >= 11 is 1.94. The smallest absolute Gasteiger partial charge is 0.0349 e. The molecule has 1 N–H and O–H groups in total. The van der Waals surface area contributed by atoms with E-state index >= 15 is 0 Å². The molecule has 2 aromatic rings. The molecule has 1 aromatic heterocycles. The molecule has 2 nitrogen and oxygen atoms in total. The number of benzene rings is 1. The van der Waals surface area contributed by atoms with Gasteiger partial charge in [0.25, 0.3) is 0 Å². The van der Waals surface area contributed by atoms with E-state index in [-0.39, 0.29) is 0 Å². The number of thiophene rings is 1. The minimum absolute atomic E-state index is 0.615. The van der Waals surface area contributed by atoms with Gasteiger partial charge in [0, 0.05) is 42.5 Å². The third-order valence-electron chi connectivity index (χ3n) is 4.08. The Kier molecular flexibility index (Phi) is 4.73. The van der Waals surface area contributed by atoms with Crippen LogP contribution in [0.2, 0.25) is 0 Å². The summed E-state index contributed by atoms with van der Waals surface area (Å²) in [7, 11) is 0. The van der Waals surface area contributed by atoms with Crippen LogP contribution in [0.3, 0.4) is 0 Å². The molecule has 0 atom stereocenters. The maximum atomic E-state index is 3.42. The van der Waals surface area contributed by atoms with Crippen molar-refractivity contribution in [2.45, 2.75) is 26.3 Å². The first-order valence-corrected chi connectivity index (χ1v) is 8.67. The Morgan fingerprint density at radius 3 is 2.57 bits per heavy atom. The van der Waals surface area contributed by atoms with E-state index in [0.717, 1.165) is 32.7 Å². The molecule has 0 unspecified atom stereocenters. The Labute approximate surface area is 131 Å². The number of rotatable bonds is 4. The SMILES string of the molecule is CC(C)c1ccc(-c2ccccc2CN2CCNCC2)s1. The van der Waals surface area contributed by atoms with Crippen molar-refractivity contribution in [1.82, 2.24) is 10.2 Å². The highest BCUT2D eigenvalue weighted by molar-refractivity contribution is 7.15. The maximum absolute atomic E-state index is 3.42. The van der Waals surface area contributed by atoms with E-state index in [1.807, 2.05) is 11.3 Å². The minimum Gasteiger partial charge on any atom is -0.314 e. The van der Waals surface area contributed by atoms with Gasteiger partial charge in [0.2, 0.25) is 0 Å². The van der Waals surface area contributed by atoms with Crippen molar-refractivity contribution in [3.63, 3.8) is 0 Å². The van der Waals surface area contributed by atoms with Crippen LogP contribution < -0.4 is 5.32 Å². The third-order valence-corrected chi connectivity index (χ3v) is 5.50. The van der Waals surface area contributed by atoms with Crippen LogP contribution in [-0.4, -0.2) is 31.1 Å². The fourth-order valence-electron chi connectivity index (χ4n) is 2.82. The van der Waals surface area contributed by atoms with Crippen LogP contribution in [-0.2, 0) is 6.54 Å². The minimum atomic E-state index is 0.615. The van der Waals surface area contributed by atoms with Crippen LogP contribution in [0.4, 0.5) is 0 Å². The molecule has 0 amide bonds. The molecule has 3 rings (SSSR count). The molecule has 3 heteroatoms. The second-order valence-corrected chi connectivity index (χ2v) is 7.16. The fourth-order valence-corrected chi connectivity index (χ4v) is 3.89. The van der Waals surface area contributed by atoms with Gasteiger partial charge in [-0.25, -0.2) is 0 Å². The number of hydrogen-bond donors (Lipinski definition) is 1. The van der Waals surface area contributed by atoms with Gasteiger partial charge in [0.1, 0.15) is 0 Å². The molecule has 1 aliphatic rings. The molecule has 0 saturated carbocycles. The summed E-state index contributed by atoms with van der Waals surface area (Å²) in [6, 6.07) is 13.5. The van der Waals surface area contributed by atoms with E-state index < -0.39 is 0 Å². The average molecular weight is 300 g/mol. The van der Waals surface area contributed by atoms with Gasteiger partial charge in [-0.3, -0.25) is 4.90 Å². The Balaban J connectivity index is 1.84. The second kappa shape index (κ2) is 6.73. The lowest BCUT2D eigenvalue weighted by Crippen LogP contribution is -2.42. The van der Waals surface area contributed by atoms with Crippen molar-refractivity contribution in [2.75, 3.05) is 26.2 Å². The summed E-state index contributed by atoms with van der Waals surface area (Å²) in [4.78, 5) is 5.43. The summed E-state index contributed by atoms with van der Waals surface area (Å²) in [6.07, 6.45) is 0. The molecular weight excluding hydrogens is 276 g/mol. The van der Waals surface area contributed by atoms with Gasteiger partial charge in [-0.1, -0.05) is 38.1 Å². The molecule has 112 valence electrons. The van der Waals surface area contributed by atoms with Crippen molar-refractivity contribution in [3.05, 3.63) is 46.8 Å². The first-order chi connectivity index (χ1) is 10.2. The van der Waals surface area contributed by atoms with Gasteiger partial charge in [0.05, 0.1) is 0 Å². The molecular formula is C18H24N2S. The number of hydrogen-bond acceptors (Lipinski definition) is 3. The highest BCUT2D eigenvalue weighted by atomic mass is 32.1. The summed E-state index contributed by atoms with van der Waals surface area (Å²) in [5.41, 5.74) is 2.87. The molecule has 0 spiro atoms. The predicted octanol–water partition coefficient (Wildman–Crippen LogP) is 3.94. The van der Waals surface area contributed by atoms with Gasteiger partial charge >= 0.3 is 0 Å². The highest BCUT2D eigenvalue weighted by Crippen LogP contribution is 2.34. The van der Waals surface area contributed by atoms with Crippen molar-refractivity contribution >= 4 is 11.3 Å². The Morgan fingerprint density at radius 2 is 1.86 bits per heavy atom. The van der Waals surface area contributed by atoms with Gasteiger partial charge in [0.15, 0.2) is 0 Å². The first-order valence-electron chi connectivity index (χ1n) is 7.85. The topological polar surface area (TPSA) is 15.3 Å². The van der Waals surface area contributed by atoms with Crippen molar-refractivity contribution in [1.29, 1.82) is 0 Å². The normalized spacial score (nSPS) is 16.5.